The van der Waals surface area contributed by atoms with E-state index in [2.05, 4.69) is 33.2 Å². The maximum atomic E-state index is 12.3. The topological polar surface area (TPSA) is 150 Å². The van der Waals surface area contributed by atoms with E-state index >= 15 is 0 Å². The highest BCUT2D eigenvalue weighted by Gasteiger charge is 2.29. The molecular formula is C14H23N5O4S. The number of amides is 2. The molecule has 1 rings (SSSR count). The first-order chi connectivity index (χ1) is 11.3. The molecule has 134 valence electrons. The average molecular weight is 357 g/mol. The Kier molecular flexibility index (Phi) is 7.72. The zero-order chi connectivity index (χ0) is 18.3. The monoisotopic (exact) mass is 357 g/mol. The van der Waals surface area contributed by atoms with E-state index < -0.39 is 35.9 Å². The molecule has 0 aliphatic carbocycles. The number of nitrogens with two attached hydrogens (primary N) is 1. The van der Waals surface area contributed by atoms with Gasteiger partial charge in [0.25, 0.3) is 0 Å². The van der Waals surface area contributed by atoms with Crippen LogP contribution in [-0.4, -0.2) is 56.7 Å². The number of aliphatic carboxylic acids is 1. The lowest BCUT2D eigenvalue weighted by atomic mass is 10.0. The molecule has 0 saturated carbocycles. The van der Waals surface area contributed by atoms with Crippen LogP contribution >= 0.6 is 12.6 Å². The van der Waals surface area contributed by atoms with Crippen LogP contribution in [0.2, 0.25) is 0 Å². The molecular weight excluding hydrogens is 334 g/mol. The number of imidazole rings is 1. The summed E-state index contributed by atoms with van der Waals surface area (Å²) in [6.07, 6.45) is 3.28. The molecule has 0 aromatic carbocycles. The normalized spacial score (nSPS) is 14.7. The second-order valence-corrected chi connectivity index (χ2v) is 6.06. The Morgan fingerprint density at radius 1 is 1.33 bits per heavy atom. The molecule has 10 heteroatoms. The number of nitrogens with one attached hydrogen (secondary N) is 3. The van der Waals surface area contributed by atoms with Crippen molar-refractivity contribution in [2.75, 3.05) is 5.75 Å². The molecule has 1 heterocycles. The number of hydrogen-bond donors (Lipinski definition) is 6. The maximum Gasteiger partial charge on any atom is 0.327 e. The van der Waals surface area contributed by atoms with Gasteiger partial charge in [0.15, 0.2) is 0 Å². The summed E-state index contributed by atoms with van der Waals surface area (Å²) in [6, 6.07) is -2.88. The molecule has 0 spiro atoms. The van der Waals surface area contributed by atoms with Crippen molar-refractivity contribution in [2.45, 2.75) is 38.4 Å². The van der Waals surface area contributed by atoms with Crippen LogP contribution in [0.3, 0.4) is 0 Å². The van der Waals surface area contributed by atoms with Crippen molar-refractivity contribution in [3.05, 3.63) is 18.2 Å². The van der Waals surface area contributed by atoms with E-state index in [9.17, 15) is 14.4 Å². The average Bonchev–Trinajstić information content (AvgIpc) is 3.01. The Hall–Kier alpha value is -2.07. The molecule has 24 heavy (non-hydrogen) atoms. The Morgan fingerprint density at radius 2 is 2.00 bits per heavy atom. The first-order valence-electron chi connectivity index (χ1n) is 7.43. The molecule has 3 atom stereocenters. The van der Waals surface area contributed by atoms with Gasteiger partial charge in [-0.15, -0.1) is 0 Å². The number of hydrogen-bond acceptors (Lipinski definition) is 6. The van der Waals surface area contributed by atoms with Crippen molar-refractivity contribution in [1.29, 1.82) is 0 Å². The fourth-order valence-corrected chi connectivity index (χ4v) is 2.22. The SMILES string of the molecule is CC(C)[C@H](NC(=O)[C@@H](N)Cc1cnc[nH]1)C(=O)N[C@@H](CS)C(=O)O. The van der Waals surface area contributed by atoms with Gasteiger partial charge in [-0.3, -0.25) is 9.59 Å². The van der Waals surface area contributed by atoms with Gasteiger partial charge in [0.1, 0.15) is 12.1 Å². The minimum absolute atomic E-state index is 0.0564. The molecule has 0 aliphatic heterocycles. The highest BCUT2D eigenvalue weighted by atomic mass is 32.1. The lowest BCUT2D eigenvalue weighted by Crippen LogP contribution is -2.56. The minimum atomic E-state index is -1.19. The summed E-state index contributed by atoms with van der Waals surface area (Å²) in [7, 11) is 0. The third-order valence-corrected chi connectivity index (χ3v) is 3.74. The molecule has 9 nitrogen and oxygen atoms in total. The zero-order valence-corrected chi connectivity index (χ0v) is 14.4. The first kappa shape index (κ1) is 20.0. The number of aromatic amines is 1. The van der Waals surface area contributed by atoms with Gasteiger partial charge in [0.05, 0.1) is 12.4 Å². The molecule has 6 N–H and O–H groups in total. The van der Waals surface area contributed by atoms with Crippen molar-refractivity contribution in [3.8, 4) is 0 Å². The van der Waals surface area contributed by atoms with Gasteiger partial charge in [0, 0.05) is 24.1 Å². The molecule has 0 bridgehead atoms. The Morgan fingerprint density at radius 3 is 2.46 bits per heavy atom. The van der Waals surface area contributed by atoms with Crippen molar-refractivity contribution in [3.63, 3.8) is 0 Å². The molecule has 1 aromatic heterocycles. The molecule has 1 aromatic rings. The van der Waals surface area contributed by atoms with Crippen molar-refractivity contribution in [2.24, 2.45) is 11.7 Å². The van der Waals surface area contributed by atoms with E-state index in [0.29, 0.717) is 5.69 Å². The highest BCUT2D eigenvalue weighted by Crippen LogP contribution is 2.05. The van der Waals surface area contributed by atoms with Crippen LogP contribution in [-0.2, 0) is 20.8 Å². The predicted molar refractivity (Wildman–Crippen MR) is 90.5 cm³/mol. The van der Waals surface area contributed by atoms with E-state index in [4.69, 9.17) is 10.8 Å². The Balaban J connectivity index is 2.68. The van der Waals surface area contributed by atoms with Gasteiger partial charge in [-0.1, -0.05) is 13.8 Å². The summed E-state index contributed by atoms with van der Waals surface area (Å²) in [4.78, 5) is 42.1. The van der Waals surface area contributed by atoms with Crippen LogP contribution < -0.4 is 16.4 Å². The summed E-state index contributed by atoms with van der Waals surface area (Å²) >= 11 is 3.89. The van der Waals surface area contributed by atoms with Crippen LogP contribution in [0.5, 0.6) is 0 Å². The van der Waals surface area contributed by atoms with E-state index in [1.54, 1.807) is 20.0 Å². The lowest BCUT2D eigenvalue weighted by molar-refractivity contribution is -0.141. The van der Waals surface area contributed by atoms with E-state index in [0.717, 1.165) is 0 Å². The number of carbonyl (C=O) groups excluding carboxylic acids is 2. The largest absolute Gasteiger partial charge is 0.480 e. The fourth-order valence-electron chi connectivity index (χ4n) is 1.97. The maximum absolute atomic E-state index is 12.3. The van der Waals surface area contributed by atoms with Gasteiger partial charge in [-0.25, -0.2) is 9.78 Å². The van der Waals surface area contributed by atoms with Gasteiger partial charge < -0.3 is 26.5 Å². The van der Waals surface area contributed by atoms with Crippen LogP contribution in [0.1, 0.15) is 19.5 Å². The molecule has 0 saturated heterocycles. The molecule has 0 fully saturated rings. The fraction of sp³-hybridized carbons (Fsp3) is 0.571. The standard InChI is InChI=1S/C14H23N5O4S/c1-7(2)11(13(21)18-10(5-24)14(22)23)19-12(20)9(15)3-8-4-16-6-17-8/h4,6-7,9-11,24H,3,5,15H2,1-2H3,(H,16,17)(H,18,21)(H,19,20)(H,22,23)/t9-,10-,11-/m0/s1. The van der Waals surface area contributed by atoms with Gasteiger partial charge in [0.2, 0.25) is 11.8 Å². The first-order valence-corrected chi connectivity index (χ1v) is 8.06. The number of aromatic nitrogens is 2. The number of H-pyrrole nitrogens is 1. The number of rotatable bonds is 9. The number of carbonyl (C=O) groups is 3. The summed E-state index contributed by atoms with van der Waals surface area (Å²) < 4.78 is 0. The third-order valence-electron chi connectivity index (χ3n) is 3.38. The number of carboxylic acid groups (broad SMARTS) is 1. The zero-order valence-electron chi connectivity index (χ0n) is 13.5. The summed E-state index contributed by atoms with van der Waals surface area (Å²) in [5.74, 6) is -2.59. The molecule has 0 radical (unpaired) electrons. The number of thiol groups is 1. The van der Waals surface area contributed by atoms with Crippen molar-refractivity contribution >= 4 is 30.4 Å². The van der Waals surface area contributed by atoms with Crippen molar-refractivity contribution in [1.82, 2.24) is 20.6 Å². The van der Waals surface area contributed by atoms with Gasteiger partial charge in [-0.05, 0) is 5.92 Å². The van der Waals surface area contributed by atoms with Gasteiger partial charge in [-0.2, -0.15) is 12.6 Å². The predicted octanol–water partition coefficient (Wildman–Crippen LogP) is -1.08. The van der Waals surface area contributed by atoms with Crippen LogP contribution in [0.4, 0.5) is 0 Å². The lowest BCUT2D eigenvalue weighted by Gasteiger charge is -2.24. The Bertz CT molecular complexity index is 564. The Labute approximate surface area is 145 Å². The van der Waals surface area contributed by atoms with E-state index in [-0.39, 0.29) is 18.1 Å². The highest BCUT2D eigenvalue weighted by molar-refractivity contribution is 7.80. The number of carboxylic acids is 1. The smallest absolute Gasteiger partial charge is 0.327 e. The molecule has 0 aliphatic rings. The second kappa shape index (κ2) is 9.28. The molecule has 2 amide bonds. The minimum Gasteiger partial charge on any atom is -0.480 e. The quantitative estimate of drug-likeness (QED) is 0.309. The molecule has 0 unspecified atom stereocenters. The van der Waals surface area contributed by atoms with E-state index in [1.165, 1.54) is 6.33 Å². The van der Waals surface area contributed by atoms with Crippen LogP contribution in [0.15, 0.2) is 12.5 Å². The van der Waals surface area contributed by atoms with E-state index in [1.807, 2.05) is 0 Å². The van der Waals surface area contributed by atoms with Crippen molar-refractivity contribution < 1.29 is 19.5 Å². The summed E-state index contributed by atoms with van der Waals surface area (Å²) in [5.41, 5.74) is 6.53. The summed E-state index contributed by atoms with van der Waals surface area (Å²) in [5, 5.41) is 13.9. The van der Waals surface area contributed by atoms with Crippen LogP contribution in [0, 0.1) is 5.92 Å². The second-order valence-electron chi connectivity index (χ2n) is 5.70. The third kappa shape index (κ3) is 5.85. The van der Waals surface area contributed by atoms with Gasteiger partial charge >= 0.3 is 5.97 Å². The van der Waals surface area contributed by atoms with Crippen LogP contribution in [0.25, 0.3) is 0 Å². The summed E-state index contributed by atoms with van der Waals surface area (Å²) in [6.45, 7) is 3.48. The number of nitrogens with zero attached hydrogens (tertiary/aromatic N) is 1.